The van der Waals surface area contributed by atoms with E-state index in [2.05, 4.69) is 104 Å². The first-order valence-electron chi connectivity index (χ1n) is 37.1. The van der Waals surface area contributed by atoms with Crippen molar-refractivity contribution in [2.45, 2.75) is 212 Å². The van der Waals surface area contributed by atoms with Crippen LogP contribution in [-0.4, -0.2) is 51.2 Å². The van der Waals surface area contributed by atoms with Crippen LogP contribution in [0.4, 0.5) is 17.1 Å². The number of ether oxygens (including phenoxy) is 6. The molecule has 4 aliphatic carbocycles. The number of nitrogens with one attached hydrogen (secondary N) is 2. The van der Waals surface area contributed by atoms with Crippen LogP contribution in [0.25, 0.3) is 0 Å². The Morgan fingerprint density at radius 3 is 0.794 bits per heavy atom. The zero-order valence-corrected chi connectivity index (χ0v) is 59.8. The molecule has 4 N–H and O–H groups in total. The molecule has 0 amide bonds. The molecule has 522 valence electrons. The molecule has 6 aromatic rings. The molecule has 0 atom stereocenters. The van der Waals surface area contributed by atoms with Crippen molar-refractivity contribution in [2.24, 2.45) is 17.8 Å². The van der Waals surface area contributed by atoms with Crippen LogP contribution in [0.2, 0.25) is 0 Å². The van der Waals surface area contributed by atoms with Gasteiger partial charge >= 0.3 is 0 Å². The molecule has 0 saturated heterocycles. The third-order valence-electron chi connectivity index (χ3n) is 20.1. The Balaban J connectivity index is 0.000000316. The van der Waals surface area contributed by atoms with Crippen LogP contribution in [0.5, 0.6) is 34.5 Å². The van der Waals surface area contributed by atoms with Crippen LogP contribution in [0.1, 0.15) is 229 Å². The summed E-state index contributed by atoms with van der Waals surface area (Å²) in [5.74, 6) is 8.77. The number of anilines is 3. The third-order valence-corrected chi connectivity index (χ3v) is 20.9. The zero-order valence-electron chi connectivity index (χ0n) is 58.3. The summed E-state index contributed by atoms with van der Waals surface area (Å²) in [6.45, 7) is 10.6. The first kappa shape index (κ1) is 74.2. The van der Waals surface area contributed by atoms with E-state index < -0.39 is 11.6 Å². The van der Waals surface area contributed by atoms with Crippen molar-refractivity contribution in [2.75, 3.05) is 56.0 Å². The Morgan fingerprint density at radius 1 is 0.330 bits per heavy atom. The van der Waals surface area contributed by atoms with Gasteiger partial charge in [-0.2, -0.15) is 0 Å². The average Bonchev–Trinajstić information content (AvgIpc) is 0.794. The monoisotopic (exact) mass is 1360 g/mol. The number of ketones is 2. The Kier molecular flexibility index (Phi) is 31.1. The second kappa shape index (κ2) is 40.7. The molecule has 11 nitrogen and oxygen atoms in total. The first-order chi connectivity index (χ1) is 47.5. The largest absolute Gasteiger partial charge is 0.494 e. The standard InChI is InChI=1S/C58H72Cl2N2O6.C26H37NO2/c1-3-5-11-41-13-17-43(18-14-41)45-21-29-49(30-22-45)65-37-7-9-39-67-51-33-25-47(26-34-51)61-55-53(59)58(64)56(54(60)57(55)63)62-48-27-35-52(36-28-48)68-40-10-8-38-66-50-31-23-46(24-32-50)44-19-15-42(16-20-44)12-6-4-2;1-2-3-6-21-7-9-22(10-8-21)23-11-15-25(16-12-23)28-19-4-5-20-29-26-17-13-24(27)14-18-26/h21-36,41-44,61-62H,3-20,37-40H2,1-2H3;11-18,21-22H,2-10,19-20,27H2,1H3. The summed E-state index contributed by atoms with van der Waals surface area (Å²) in [5, 5.41) is 5.46. The molecule has 0 bridgehead atoms. The van der Waals surface area contributed by atoms with Crippen molar-refractivity contribution in [1.82, 2.24) is 0 Å². The summed E-state index contributed by atoms with van der Waals surface area (Å²) in [6.07, 6.45) is 33.8. The number of Topliss-reactive ketones (excluding diaryl/α,β-unsaturated/α-hetero) is 2. The Bertz CT molecular complexity index is 3150. The second-order valence-corrected chi connectivity index (χ2v) is 28.2. The van der Waals surface area contributed by atoms with Gasteiger partial charge in [0.25, 0.3) is 0 Å². The van der Waals surface area contributed by atoms with E-state index in [1.807, 2.05) is 24.3 Å². The molecule has 0 aliphatic heterocycles. The summed E-state index contributed by atoms with van der Waals surface area (Å²) in [5.41, 5.74) is 11.8. The van der Waals surface area contributed by atoms with Gasteiger partial charge in [-0.1, -0.05) is 138 Å². The molecule has 4 aliphatic rings. The molecule has 0 heterocycles. The minimum absolute atomic E-state index is 0.0853. The lowest BCUT2D eigenvalue weighted by molar-refractivity contribution is -0.115. The van der Waals surface area contributed by atoms with Gasteiger partial charge in [0.2, 0.25) is 11.6 Å². The van der Waals surface area contributed by atoms with Crippen molar-refractivity contribution in [3.8, 4) is 34.5 Å². The predicted octanol–water partition coefficient (Wildman–Crippen LogP) is 22.6. The molecular formula is C84H109Cl2N3O8. The second-order valence-electron chi connectivity index (χ2n) is 27.4. The van der Waals surface area contributed by atoms with Gasteiger partial charge in [-0.25, -0.2) is 0 Å². The first-order valence-corrected chi connectivity index (χ1v) is 37.8. The fourth-order valence-corrected chi connectivity index (χ4v) is 14.5. The molecule has 0 unspecified atom stereocenters. The van der Waals surface area contributed by atoms with Crippen LogP contribution >= 0.6 is 23.2 Å². The zero-order chi connectivity index (χ0) is 67.8. The maximum atomic E-state index is 13.4. The molecular weight excluding hydrogens is 1250 g/mol. The molecule has 10 rings (SSSR count). The number of carbonyl (C=O) groups excluding carboxylic acids is 2. The van der Waals surface area contributed by atoms with Crippen LogP contribution in [-0.2, 0) is 9.59 Å². The van der Waals surface area contributed by atoms with E-state index in [0.717, 1.165) is 97.5 Å². The highest BCUT2D eigenvalue weighted by molar-refractivity contribution is 6.56. The summed E-state index contributed by atoms with van der Waals surface area (Å²) < 4.78 is 35.6. The number of benzene rings is 6. The summed E-state index contributed by atoms with van der Waals surface area (Å²) in [6, 6.07) is 48.0. The minimum atomic E-state index is -0.589. The number of nitrogens with two attached hydrogens (primary N) is 1. The van der Waals surface area contributed by atoms with E-state index in [-0.39, 0.29) is 21.5 Å². The number of nitrogen functional groups attached to an aromatic ring is 1. The van der Waals surface area contributed by atoms with Crippen molar-refractivity contribution < 1.29 is 38.0 Å². The number of allylic oxidation sites excluding steroid dienone is 2. The average molecular weight is 1360 g/mol. The number of rotatable bonds is 37. The van der Waals surface area contributed by atoms with E-state index in [0.29, 0.717) is 67.7 Å². The van der Waals surface area contributed by atoms with Crippen LogP contribution in [0.15, 0.2) is 167 Å². The van der Waals surface area contributed by atoms with E-state index in [9.17, 15) is 9.59 Å². The van der Waals surface area contributed by atoms with Gasteiger partial charge in [-0.15, -0.1) is 0 Å². The minimum Gasteiger partial charge on any atom is -0.494 e. The highest BCUT2D eigenvalue weighted by atomic mass is 35.5. The molecule has 0 aromatic heterocycles. The van der Waals surface area contributed by atoms with Crippen molar-refractivity contribution >= 4 is 51.8 Å². The Morgan fingerprint density at radius 2 is 0.557 bits per heavy atom. The number of hydrogen-bond donors (Lipinski definition) is 3. The molecule has 97 heavy (non-hydrogen) atoms. The number of hydrogen-bond acceptors (Lipinski definition) is 11. The van der Waals surface area contributed by atoms with Crippen molar-refractivity contribution in [1.29, 1.82) is 0 Å². The normalized spacial score (nSPS) is 19.6. The van der Waals surface area contributed by atoms with Gasteiger partial charge in [-0.05, 0) is 277 Å². The maximum Gasteiger partial charge on any atom is 0.224 e. The van der Waals surface area contributed by atoms with Gasteiger partial charge in [0.15, 0.2) is 0 Å². The lowest BCUT2D eigenvalue weighted by atomic mass is 9.77. The summed E-state index contributed by atoms with van der Waals surface area (Å²) in [4.78, 5) is 26.7. The summed E-state index contributed by atoms with van der Waals surface area (Å²) in [7, 11) is 0. The number of unbranched alkanes of at least 4 members (excludes halogenated alkanes) is 6. The van der Waals surface area contributed by atoms with Gasteiger partial charge in [-0.3, -0.25) is 9.59 Å². The highest BCUT2D eigenvalue weighted by Crippen LogP contribution is 2.41. The molecule has 0 radical (unpaired) electrons. The number of carbonyl (C=O) groups is 2. The molecule has 6 aromatic carbocycles. The van der Waals surface area contributed by atoms with E-state index in [1.165, 1.54) is 152 Å². The van der Waals surface area contributed by atoms with Gasteiger partial charge in [0.1, 0.15) is 56.0 Å². The topological polar surface area (TPSA) is 140 Å². The molecule has 13 heteroatoms. The smallest absolute Gasteiger partial charge is 0.224 e. The third kappa shape index (κ3) is 24.4. The maximum absolute atomic E-state index is 13.4. The molecule has 0 spiro atoms. The van der Waals surface area contributed by atoms with Gasteiger partial charge in [0, 0.05) is 17.1 Å². The van der Waals surface area contributed by atoms with Crippen LogP contribution in [0, 0.1) is 17.8 Å². The van der Waals surface area contributed by atoms with Gasteiger partial charge < -0.3 is 44.8 Å². The number of halogens is 2. The highest BCUT2D eigenvalue weighted by Gasteiger charge is 2.34. The molecule has 3 fully saturated rings. The Hall–Kier alpha value is -7.08. The van der Waals surface area contributed by atoms with E-state index in [4.69, 9.17) is 57.4 Å². The fraction of sp³-hybridized carbons (Fsp3) is 0.500. The van der Waals surface area contributed by atoms with Crippen molar-refractivity contribution in [3.05, 3.63) is 184 Å². The lowest BCUT2D eigenvalue weighted by Gasteiger charge is -2.28. The summed E-state index contributed by atoms with van der Waals surface area (Å²) >= 11 is 13.0. The Labute approximate surface area is 590 Å². The predicted molar refractivity (Wildman–Crippen MR) is 399 cm³/mol. The van der Waals surface area contributed by atoms with Crippen LogP contribution < -0.4 is 44.8 Å². The van der Waals surface area contributed by atoms with Crippen LogP contribution in [0.3, 0.4) is 0 Å². The van der Waals surface area contributed by atoms with Crippen molar-refractivity contribution in [3.63, 3.8) is 0 Å². The fourth-order valence-electron chi connectivity index (χ4n) is 14.1. The van der Waals surface area contributed by atoms with E-state index in [1.54, 1.807) is 48.5 Å². The SMILES string of the molecule is CCCCC1CCC(c2ccc(OCCCCOc3ccc(N)cc3)cc2)CC1.CCCCC1CCC(c2ccc(OCCCCOc3ccc(NC4=C(Cl)C(=O)C(Nc5ccc(OCCCCOc6ccc(C7CCC(CCCC)CC7)cc6)cc5)=C(Cl)C4=O)cc3)cc2)CC1. The lowest BCUT2D eigenvalue weighted by Crippen LogP contribution is -2.27. The quantitative estimate of drug-likeness (QED) is 0.0195. The van der Waals surface area contributed by atoms with E-state index >= 15 is 0 Å². The molecule has 3 saturated carbocycles. The van der Waals surface area contributed by atoms with Gasteiger partial charge in [0.05, 0.1) is 39.6 Å².